The van der Waals surface area contributed by atoms with Crippen molar-refractivity contribution < 1.29 is 14.3 Å². The summed E-state index contributed by atoms with van der Waals surface area (Å²) in [4.78, 5) is 12.5. The van der Waals surface area contributed by atoms with Crippen LogP contribution in [-0.4, -0.2) is 17.8 Å². The van der Waals surface area contributed by atoms with Gasteiger partial charge in [-0.15, -0.1) is 0 Å². The molecule has 0 fully saturated rings. The van der Waals surface area contributed by atoms with Gasteiger partial charge in [0.2, 0.25) is 0 Å². The molecule has 2 heterocycles. The van der Waals surface area contributed by atoms with Gasteiger partial charge in [0.15, 0.2) is 5.72 Å². The molecule has 0 spiro atoms. The number of allylic oxidation sites excluding steroid dienone is 1. The first-order valence-corrected chi connectivity index (χ1v) is 7.37. The normalized spacial score (nSPS) is 26.8. The van der Waals surface area contributed by atoms with Crippen molar-refractivity contribution in [2.45, 2.75) is 51.9 Å². The molecular formula is C17H21NO3. The van der Waals surface area contributed by atoms with E-state index in [4.69, 9.17) is 9.47 Å². The zero-order chi connectivity index (χ0) is 15.2. The first-order valence-electron chi connectivity index (χ1n) is 7.37. The highest BCUT2D eigenvalue weighted by Gasteiger charge is 2.45. The molecule has 112 valence electrons. The van der Waals surface area contributed by atoms with Gasteiger partial charge in [-0.3, -0.25) is 0 Å². The standard InChI is InChI=1S/C17H21NO3/c1-10(2)20-16(19)15-11(3)18-17(4)9-13(15)12-7-5-6-8-14(12)21-17/h5-8,10,13,18H,9H2,1-4H3/t13-,17-/m0/s1. The molecule has 0 saturated carbocycles. The number of esters is 1. The fourth-order valence-electron chi connectivity index (χ4n) is 3.28. The third kappa shape index (κ3) is 2.39. The predicted octanol–water partition coefficient (Wildman–Crippen LogP) is 3.10. The fraction of sp³-hybridized carbons (Fsp3) is 0.471. The summed E-state index contributed by atoms with van der Waals surface area (Å²) in [5.41, 5.74) is 2.16. The van der Waals surface area contributed by atoms with E-state index in [1.165, 1.54) is 0 Å². The van der Waals surface area contributed by atoms with Gasteiger partial charge in [-0.05, 0) is 33.8 Å². The fourth-order valence-corrected chi connectivity index (χ4v) is 3.28. The van der Waals surface area contributed by atoms with E-state index in [-0.39, 0.29) is 18.0 Å². The second kappa shape index (κ2) is 4.79. The first kappa shape index (κ1) is 14.0. The highest BCUT2D eigenvalue weighted by molar-refractivity contribution is 5.92. The summed E-state index contributed by atoms with van der Waals surface area (Å²) in [6, 6.07) is 7.91. The maximum absolute atomic E-state index is 12.5. The molecule has 0 aliphatic carbocycles. The summed E-state index contributed by atoms with van der Waals surface area (Å²) >= 11 is 0. The maximum Gasteiger partial charge on any atom is 0.336 e. The maximum atomic E-state index is 12.5. The molecule has 2 aliphatic heterocycles. The van der Waals surface area contributed by atoms with Crippen molar-refractivity contribution in [2.24, 2.45) is 0 Å². The number of hydrogen-bond donors (Lipinski definition) is 1. The Morgan fingerprint density at radius 2 is 2.14 bits per heavy atom. The second-order valence-corrected chi connectivity index (χ2v) is 6.25. The molecule has 2 bridgehead atoms. The highest BCUT2D eigenvalue weighted by Crippen LogP contribution is 2.47. The second-order valence-electron chi connectivity index (χ2n) is 6.25. The van der Waals surface area contributed by atoms with Crippen LogP contribution in [0.3, 0.4) is 0 Å². The van der Waals surface area contributed by atoms with Gasteiger partial charge in [-0.2, -0.15) is 0 Å². The minimum absolute atomic E-state index is 0.0208. The Balaban J connectivity index is 2.07. The van der Waals surface area contributed by atoms with Crippen molar-refractivity contribution in [3.8, 4) is 5.75 Å². The molecule has 1 N–H and O–H groups in total. The average molecular weight is 287 g/mol. The molecule has 2 atom stereocenters. The number of carbonyl (C=O) groups excluding carboxylic acids is 1. The van der Waals surface area contributed by atoms with E-state index in [0.717, 1.165) is 29.0 Å². The van der Waals surface area contributed by atoms with Crippen LogP contribution in [0.25, 0.3) is 0 Å². The smallest absolute Gasteiger partial charge is 0.336 e. The lowest BCUT2D eigenvalue weighted by molar-refractivity contribution is -0.143. The van der Waals surface area contributed by atoms with Gasteiger partial charge in [-0.1, -0.05) is 18.2 Å². The van der Waals surface area contributed by atoms with Gasteiger partial charge in [-0.25, -0.2) is 4.79 Å². The molecule has 4 nitrogen and oxygen atoms in total. The van der Waals surface area contributed by atoms with Crippen molar-refractivity contribution in [3.63, 3.8) is 0 Å². The number of rotatable bonds is 2. The van der Waals surface area contributed by atoms with Gasteiger partial charge < -0.3 is 14.8 Å². The molecule has 21 heavy (non-hydrogen) atoms. The quantitative estimate of drug-likeness (QED) is 0.849. The van der Waals surface area contributed by atoms with Gasteiger partial charge in [0.1, 0.15) is 5.75 Å². The summed E-state index contributed by atoms with van der Waals surface area (Å²) in [5, 5.41) is 3.33. The van der Waals surface area contributed by atoms with Crippen LogP contribution in [0.1, 0.15) is 45.6 Å². The predicted molar refractivity (Wildman–Crippen MR) is 79.9 cm³/mol. The molecule has 0 unspecified atom stereocenters. The van der Waals surface area contributed by atoms with Crippen LogP contribution >= 0.6 is 0 Å². The van der Waals surface area contributed by atoms with Crippen LogP contribution in [0.2, 0.25) is 0 Å². The van der Waals surface area contributed by atoms with E-state index in [1.54, 1.807) is 0 Å². The summed E-state index contributed by atoms with van der Waals surface area (Å²) < 4.78 is 11.5. The monoisotopic (exact) mass is 287 g/mol. The number of ether oxygens (including phenoxy) is 2. The van der Waals surface area contributed by atoms with Crippen LogP contribution in [-0.2, 0) is 9.53 Å². The van der Waals surface area contributed by atoms with Crippen molar-refractivity contribution >= 4 is 5.97 Å². The van der Waals surface area contributed by atoms with E-state index in [0.29, 0.717) is 0 Å². The topological polar surface area (TPSA) is 47.6 Å². The van der Waals surface area contributed by atoms with Crippen LogP contribution in [0.4, 0.5) is 0 Å². The third-order valence-electron chi connectivity index (χ3n) is 3.99. The molecule has 0 radical (unpaired) electrons. The zero-order valence-corrected chi connectivity index (χ0v) is 12.9. The van der Waals surface area contributed by atoms with E-state index >= 15 is 0 Å². The number of carbonyl (C=O) groups is 1. The number of para-hydroxylation sites is 1. The molecule has 4 heteroatoms. The number of hydrogen-bond acceptors (Lipinski definition) is 4. The lowest BCUT2D eigenvalue weighted by Gasteiger charge is -2.45. The van der Waals surface area contributed by atoms with Crippen LogP contribution in [0.15, 0.2) is 35.5 Å². The molecule has 1 aromatic rings. The molecule has 0 saturated heterocycles. The lowest BCUT2D eigenvalue weighted by Crippen LogP contribution is -2.54. The van der Waals surface area contributed by atoms with E-state index in [1.807, 2.05) is 52.0 Å². The van der Waals surface area contributed by atoms with Crippen LogP contribution in [0, 0.1) is 0 Å². The molecule has 2 aliphatic rings. The van der Waals surface area contributed by atoms with Gasteiger partial charge in [0.25, 0.3) is 0 Å². The third-order valence-corrected chi connectivity index (χ3v) is 3.99. The first-order chi connectivity index (χ1) is 9.89. The van der Waals surface area contributed by atoms with Gasteiger partial charge >= 0.3 is 5.97 Å². The molecule has 0 aromatic heterocycles. The Bertz CT molecular complexity index is 620. The Morgan fingerprint density at radius 1 is 1.43 bits per heavy atom. The van der Waals surface area contributed by atoms with E-state index in [9.17, 15) is 4.79 Å². The van der Waals surface area contributed by atoms with Gasteiger partial charge in [0.05, 0.1) is 11.7 Å². The summed E-state index contributed by atoms with van der Waals surface area (Å²) in [6.07, 6.45) is 0.602. The van der Waals surface area contributed by atoms with Crippen molar-refractivity contribution in [1.29, 1.82) is 0 Å². The highest BCUT2D eigenvalue weighted by atomic mass is 16.5. The Morgan fingerprint density at radius 3 is 2.86 bits per heavy atom. The van der Waals surface area contributed by atoms with Crippen molar-refractivity contribution in [1.82, 2.24) is 5.32 Å². The van der Waals surface area contributed by atoms with E-state index in [2.05, 4.69) is 5.32 Å². The Labute approximate surface area is 125 Å². The van der Waals surface area contributed by atoms with E-state index < -0.39 is 5.72 Å². The molecule has 1 aromatic carbocycles. The number of fused-ring (bicyclic) bond motifs is 4. The SMILES string of the molecule is CC1=C(C(=O)OC(C)C)[C@H]2C[C@@](C)(N1)Oc1ccccc12. The number of nitrogens with one attached hydrogen (secondary N) is 1. The lowest BCUT2D eigenvalue weighted by atomic mass is 9.78. The van der Waals surface area contributed by atoms with Gasteiger partial charge in [0, 0.05) is 23.6 Å². The number of benzene rings is 1. The molecular weight excluding hydrogens is 266 g/mol. The molecule has 3 rings (SSSR count). The zero-order valence-electron chi connectivity index (χ0n) is 12.9. The van der Waals surface area contributed by atoms with Crippen molar-refractivity contribution in [3.05, 3.63) is 41.1 Å². The van der Waals surface area contributed by atoms with Crippen molar-refractivity contribution in [2.75, 3.05) is 0 Å². The minimum atomic E-state index is -0.468. The van der Waals surface area contributed by atoms with Crippen LogP contribution in [0.5, 0.6) is 5.75 Å². The molecule has 0 amide bonds. The average Bonchev–Trinajstić information content (AvgIpc) is 2.36. The Hall–Kier alpha value is -1.97. The summed E-state index contributed by atoms with van der Waals surface area (Å²) in [5.74, 6) is 0.623. The minimum Gasteiger partial charge on any atom is -0.468 e. The summed E-state index contributed by atoms with van der Waals surface area (Å²) in [6.45, 7) is 7.67. The Kier molecular flexibility index (Phi) is 3.19. The summed E-state index contributed by atoms with van der Waals surface area (Å²) in [7, 11) is 0. The largest absolute Gasteiger partial charge is 0.468 e. The van der Waals surface area contributed by atoms with Crippen LogP contribution < -0.4 is 10.1 Å².